The van der Waals surface area contributed by atoms with Crippen LogP contribution in [-0.4, -0.2) is 8.07 Å². The predicted octanol–water partition coefficient (Wildman–Crippen LogP) is 2.24. The number of hydrogen-bond acceptors (Lipinski definition) is 1. The Balaban J connectivity index is 3.87. The normalized spacial score (nSPS) is 14.9. The lowest BCUT2D eigenvalue weighted by molar-refractivity contribution is 1.14. The molecule has 0 spiro atoms. The van der Waals surface area contributed by atoms with Gasteiger partial charge in [0.1, 0.15) is 0 Å². The van der Waals surface area contributed by atoms with Gasteiger partial charge in [0.25, 0.3) is 0 Å². The minimum absolute atomic E-state index is 0.294. The molecule has 8 heavy (non-hydrogen) atoms. The molecule has 0 radical (unpaired) electrons. The van der Waals surface area contributed by atoms with Crippen molar-refractivity contribution in [3.8, 4) is 6.07 Å². The number of hydrogen-bond donors (Lipinski definition) is 0. The lowest BCUT2D eigenvalue weighted by atomic mass is 10.5. The first-order valence-corrected chi connectivity index (χ1v) is 6.46. The summed E-state index contributed by atoms with van der Waals surface area (Å²) < 4.78 is 0. The fourth-order valence-corrected chi connectivity index (χ4v) is 0.581. The summed E-state index contributed by atoms with van der Waals surface area (Å²) in [5.74, 6) is 0. The van der Waals surface area contributed by atoms with Crippen molar-refractivity contribution < 1.29 is 0 Å². The summed E-state index contributed by atoms with van der Waals surface area (Å²) >= 11 is 0. The van der Waals surface area contributed by atoms with Gasteiger partial charge in [0, 0.05) is 5.54 Å². The number of rotatable bonds is 1. The third kappa shape index (κ3) is 2.13. The van der Waals surface area contributed by atoms with Gasteiger partial charge in [-0.05, 0) is 0 Å². The number of nitrogens with zero attached hydrogens (tertiary/aromatic N) is 1. The van der Waals surface area contributed by atoms with Crippen LogP contribution < -0.4 is 0 Å². The van der Waals surface area contributed by atoms with Crippen molar-refractivity contribution in [2.24, 2.45) is 0 Å². The van der Waals surface area contributed by atoms with Crippen molar-refractivity contribution in [3.05, 3.63) is 0 Å². The molecule has 0 bridgehead atoms. The molecule has 0 saturated carbocycles. The molecule has 0 heterocycles. The van der Waals surface area contributed by atoms with E-state index in [2.05, 4.69) is 25.7 Å². The van der Waals surface area contributed by atoms with Gasteiger partial charge in [-0.15, -0.1) is 0 Å². The lowest BCUT2D eigenvalue weighted by Gasteiger charge is -2.17. The molecule has 0 saturated heterocycles. The summed E-state index contributed by atoms with van der Waals surface area (Å²) in [5, 5.41) is 8.46. The van der Waals surface area contributed by atoms with Crippen LogP contribution in [0.3, 0.4) is 0 Å². The Bertz CT molecular complexity index is 107. The van der Waals surface area contributed by atoms with Crippen LogP contribution in [-0.2, 0) is 0 Å². The topological polar surface area (TPSA) is 23.8 Å². The van der Waals surface area contributed by atoms with Crippen LogP contribution in [0.5, 0.6) is 0 Å². The molecule has 2 heteroatoms. The van der Waals surface area contributed by atoms with Crippen LogP contribution in [0, 0.1) is 11.3 Å². The molecule has 0 aliphatic heterocycles. The monoisotopic (exact) mass is 127 g/mol. The van der Waals surface area contributed by atoms with Crippen LogP contribution in [0.4, 0.5) is 0 Å². The second-order valence-corrected chi connectivity index (χ2v) is 8.81. The van der Waals surface area contributed by atoms with Crippen molar-refractivity contribution in [1.29, 1.82) is 5.26 Å². The van der Waals surface area contributed by atoms with E-state index in [0.717, 1.165) is 0 Å². The van der Waals surface area contributed by atoms with Gasteiger partial charge in [-0.25, -0.2) is 0 Å². The minimum Gasteiger partial charge on any atom is -0.198 e. The van der Waals surface area contributed by atoms with Crippen molar-refractivity contribution in [2.45, 2.75) is 32.1 Å². The molecule has 0 aromatic heterocycles. The summed E-state index contributed by atoms with van der Waals surface area (Å²) in [6.07, 6.45) is 0. The molecule has 1 nitrogen and oxygen atoms in total. The van der Waals surface area contributed by atoms with Gasteiger partial charge in [-0.3, -0.25) is 0 Å². The Labute approximate surface area is 52.3 Å². The van der Waals surface area contributed by atoms with E-state index in [1.54, 1.807) is 0 Å². The molecular weight excluding hydrogens is 114 g/mol. The van der Waals surface area contributed by atoms with Crippen molar-refractivity contribution in [3.63, 3.8) is 0 Å². The molecule has 0 aromatic carbocycles. The zero-order valence-electron chi connectivity index (χ0n) is 6.02. The summed E-state index contributed by atoms with van der Waals surface area (Å²) in [6, 6.07) is 2.27. The highest BCUT2D eigenvalue weighted by atomic mass is 28.3. The highest BCUT2D eigenvalue weighted by molar-refractivity contribution is 6.78. The lowest BCUT2D eigenvalue weighted by Crippen LogP contribution is -2.24. The highest BCUT2D eigenvalue weighted by Gasteiger charge is 2.21. The van der Waals surface area contributed by atoms with Crippen molar-refractivity contribution >= 4 is 8.07 Å². The van der Waals surface area contributed by atoms with E-state index in [1.807, 2.05) is 6.92 Å². The molecule has 0 rings (SSSR count). The average molecular weight is 127 g/mol. The standard InChI is InChI=1S/C6H13NSi/c1-6(5-7)8(2,3)4/h6H,1-4H3/t6-/m1/s1. The predicted molar refractivity (Wildman–Crippen MR) is 38.4 cm³/mol. The minimum atomic E-state index is -1.12. The maximum atomic E-state index is 8.46. The largest absolute Gasteiger partial charge is 0.198 e. The molecule has 0 aliphatic carbocycles. The average Bonchev–Trinajstić information content (AvgIpc) is 1.62. The van der Waals surface area contributed by atoms with E-state index in [9.17, 15) is 0 Å². The van der Waals surface area contributed by atoms with Crippen LogP contribution in [0.2, 0.25) is 25.2 Å². The third-order valence-electron chi connectivity index (χ3n) is 1.49. The molecule has 0 aliphatic rings. The second kappa shape index (κ2) is 2.32. The molecule has 0 aromatic rings. The Kier molecular flexibility index (Phi) is 2.23. The van der Waals surface area contributed by atoms with Crippen LogP contribution in [0.25, 0.3) is 0 Å². The maximum absolute atomic E-state index is 8.46. The van der Waals surface area contributed by atoms with E-state index in [1.165, 1.54) is 0 Å². The first-order chi connectivity index (χ1) is 3.48. The second-order valence-electron chi connectivity index (χ2n) is 3.22. The smallest absolute Gasteiger partial charge is 0.0636 e. The van der Waals surface area contributed by atoms with Gasteiger partial charge in [-0.1, -0.05) is 26.6 Å². The fourth-order valence-electron chi connectivity index (χ4n) is 0.194. The third-order valence-corrected chi connectivity index (χ3v) is 4.22. The summed E-state index contributed by atoms with van der Waals surface area (Å²) in [6.45, 7) is 8.63. The first kappa shape index (κ1) is 7.71. The van der Waals surface area contributed by atoms with Crippen molar-refractivity contribution in [2.75, 3.05) is 0 Å². The SMILES string of the molecule is C[C@H](C#N)[Si](C)(C)C. The van der Waals surface area contributed by atoms with E-state index < -0.39 is 8.07 Å². The van der Waals surface area contributed by atoms with Gasteiger partial charge in [0.2, 0.25) is 0 Å². The Morgan fingerprint density at radius 2 is 1.75 bits per heavy atom. The zero-order valence-corrected chi connectivity index (χ0v) is 7.02. The van der Waals surface area contributed by atoms with Crippen LogP contribution >= 0.6 is 0 Å². The zero-order chi connectivity index (χ0) is 6.78. The highest BCUT2D eigenvalue weighted by Crippen LogP contribution is 2.18. The summed E-state index contributed by atoms with van der Waals surface area (Å²) in [4.78, 5) is 0. The first-order valence-electron chi connectivity index (χ1n) is 2.88. The molecule has 1 atom stereocenters. The van der Waals surface area contributed by atoms with E-state index >= 15 is 0 Å². The fraction of sp³-hybridized carbons (Fsp3) is 0.833. The molecule has 0 N–H and O–H groups in total. The van der Waals surface area contributed by atoms with Gasteiger partial charge < -0.3 is 0 Å². The van der Waals surface area contributed by atoms with Gasteiger partial charge >= 0.3 is 0 Å². The molecule has 46 valence electrons. The molecule has 0 unspecified atom stereocenters. The molecule has 0 fully saturated rings. The molecule has 0 amide bonds. The van der Waals surface area contributed by atoms with Crippen LogP contribution in [0.15, 0.2) is 0 Å². The van der Waals surface area contributed by atoms with Gasteiger partial charge in [-0.2, -0.15) is 5.26 Å². The Morgan fingerprint density at radius 3 is 1.75 bits per heavy atom. The van der Waals surface area contributed by atoms with Crippen LogP contribution in [0.1, 0.15) is 6.92 Å². The number of nitriles is 1. The van der Waals surface area contributed by atoms with Gasteiger partial charge in [0.15, 0.2) is 0 Å². The van der Waals surface area contributed by atoms with E-state index in [-0.39, 0.29) is 0 Å². The van der Waals surface area contributed by atoms with Gasteiger partial charge in [0.05, 0.1) is 14.1 Å². The van der Waals surface area contributed by atoms with E-state index in [4.69, 9.17) is 5.26 Å². The summed E-state index contributed by atoms with van der Waals surface area (Å²) in [7, 11) is -1.12. The Morgan fingerprint density at radius 1 is 1.38 bits per heavy atom. The quantitative estimate of drug-likeness (QED) is 0.495. The molecular formula is C6H13NSi. The van der Waals surface area contributed by atoms with E-state index in [0.29, 0.717) is 5.54 Å². The van der Waals surface area contributed by atoms with Crippen molar-refractivity contribution in [1.82, 2.24) is 0 Å². The maximum Gasteiger partial charge on any atom is 0.0636 e. The summed E-state index contributed by atoms with van der Waals surface area (Å²) in [5.41, 5.74) is 0.294. The Hall–Kier alpha value is -0.293.